The summed E-state index contributed by atoms with van der Waals surface area (Å²) < 4.78 is 31.8. The number of hydrogen-bond donors (Lipinski definition) is 1. The molecule has 0 aliphatic carbocycles. The van der Waals surface area contributed by atoms with E-state index in [1.165, 1.54) is 18.2 Å². The maximum Gasteiger partial charge on any atom is 0.242 e. The normalized spacial score (nSPS) is 11.2. The average molecular weight is 317 g/mol. The van der Waals surface area contributed by atoms with E-state index in [0.29, 0.717) is 19.6 Å². The fourth-order valence-corrected chi connectivity index (χ4v) is 3.08. The fourth-order valence-electron chi connectivity index (χ4n) is 1.48. The van der Waals surface area contributed by atoms with Crippen LogP contribution in [0.3, 0.4) is 0 Å². The lowest BCUT2D eigenvalue weighted by atomic mass is 10.2. The molecular formula is C13H17ClN2O3S. The highest BCUT2D eigenvalue weighted by atomic mass is 35.5. The van der Waals surface area contributed by atoms with Crippen molar-refractivity contribution < 1.29 is 13.2 Å². The second kappa shape index (κ2) is 8.22. The van der Waals surface area contributed by atoms with E-state index in [9.17, 15) is 8.42 Å². The lowest BCUT2D eigenvalue weighted by molar-refractivity contribution is 0.133. The van der Waals surface area contributed by atoms with Gasteiger partial charge >= 0.3 is 0 Å². The molecule has 1 N–H and O–H groups in total. The Morgan fingerprint density at radius 2 is 2.15 bits per heavy atom. The smallest absolute Gasteiger partial charge is 0.242 e. The summed E-state index contributed by atoms with van der Waals surface area (Å²) in [6.07, 6.45) is 1.51. The first-order valence-electron chi connectivity index (χ1n) is 6.28. The number of nitrogens with one attached hydrogen (secondary N) is 1. The van der Waals surface area contributed by atoms with E-state index in [0.717, 1.165) is 6.42 Å². The molecule has 1 rings (SSSR count). The summed E-state index contributed by atoms with van der Waals surface area (Å²) in [6, 6.07) is 6.02. The van der Waals surface area contributed by atoms with Crippen molar-refractivity contribution in [2.45, 2.75) is 24.7 Å². The average Bonchev–Trinajstić information content (AvgIpc) is 2.43. The molecule has 7 heteroatoms. The van der Waals surface area contributed by atoms with Crippen molar-refractivity contribution in [3.05, 3.63) is 28.8 Å². The van der Waals surface area contributed by atoms with Gasteiger partial charge in [-0.05, 0) is 31.0 Å². The third-order valence-electron chi connectivity index (χ3n) is 2.46. The van der Waals surface area contributed by atoms with E-state index < -0.39 is 10.0 Å². The summed E-state index contributed by atoms with van der Waals surface area (Å²) in [6.45, 7) is 3.44. The number of halogens is 1. The van der Waals surface area contributed by atoms with E-state index in [-0.39, 0.29) is 22.0 Å². The highest BCUT2D eigenvalue weighted by Gasteiger charge is 2.17. The largest absolute Gasteiger partial charge is 0.381 e. The van der Waals surface area contributed by atoms with Crippen LogP contribution in [0.1, 0.15) is 25.3 Å². The van der Waals surface area contributed by atoms with Gasteiger partial charge in [0, 0.05) is 19.8 Å². The number of rotatable bonds is 8. The molecule has 0 atom stereocenters. The van der Waals surface area contributed by atoms with Crippen LogP contribution >= 0.6 is 11.6 Å². The standard InChI is InChI=1S/C13H17ClN2O3S/c1-2-7-19-8-3-6-16-20(17,18)13-9-11(10-15)4-5-12(13)14/h4-5,9,16H,2-3,6-8H2,1H3. The summed E-state index contributed by atoms with van der Waals surface area (Å²) in [5.74, 6) is 0. The van der Waals surface area contributed by atoms with Gasteiger partial charge in [-0.2, -0.15) is 5.26 Å². The third-order valence-corrected chi connectivity index (χ3v) is 4.40. The Balaban J connectivity index is 2.63. The summed E-state index contributed by atoms with van der Waals surface area (Å²) in [4.78, 5) is -0.0762. The predicted octanol–water partition coefficient (Wildman–Crippen LogP) is 2.31. The Kier molecular flexibility index (Phi) is 6.96. The lowest BCUT2D eigenvalue weighted by Gasteiger charge is -2.08. The highest BCUT2D eigenvalue weighted by molar-refractivity contribution is 7.89. The number of benzene rings is 1. The van der Waals surface area contributed by atoms with E-state index in [1.807, 2.05) is 13.0 Å². The number of sulfonamides is 1. The number of nitriles is 1. The summed E-state index contributed by atoms with van der Waals surface area (Å²) in [7, 11) is -3.70. The molecule has 0 saturated carbocycles. The van der Waals surface area contributed by atoms with Gasteiger partial charge in [-0.3, -0.25) is 0 Å². The minimum atomic E-state index is -3.70. The first-order valence-corrected chi connectivity index (χ1v) is 8.14. The fraction of sp³-hybridized carbons (Fsp3) is 0.462. The maximum absolute atomic E-state index is 12.1. The van der Waals surface area contributed by atoms with Crippen molar-refractivity contribution in [1.82, 2.24) is 4.72 Å². The van der Waals surface area contributed by atoms with Crippen molar-refractivity contribution in [3.8, 4) is 6.07 Å². The zero-order valence-electron chi connectivity index (χ0n) is 11.2. The van der Waals surface area contributed by atoms with Crippen molar-refractivity contribution >= 4 is 21.6 Å². The molecule has 0 aliphatic heterocycles. The summed E-state index contributed by atoms with van der Waals surface area (Å²) in [5, 5.41) is 8.89. The Morgan fingerprint density at radius 1 is 1.40 bits per heavy atom. The molecule has 0 unspecified atom stereocenters. The first-order chi connectivity index (χ1) is 9.51. The van der Waals surface area contributed by atoms with Gasteiger partial charge in [0.05, 0.1) is 16.7 Å². The molecule has 0 fully saturated rings. The monoisotopic (exact) mass is 316 g/mol. The second-order valence-corrected chi connectivity index (χ2v) is 6.26. The van der Waals surface area contributed by atoms with Crippen LogP contribution < -0.4 is 4.72 Å². The molecule has 1 aromatic carbocycles. The molecule has 0 amide bonds. The number of hydrogen-bond acceptors (Lipinski definition) is 4. The molecular weight excluding hydrogens is 300 g/mol. The van der Waals surface area contributed by atoms with Crippen molar-refractivity contribution in [2.75, 3.05) is 19.8 Å². The van der Waals surface area contributed by atoms with Gasteiger partial charge in [0.25, 0.3) is 0 Å². The SMILES string of the molecule is CCCOCCCNS(=O)(=O)c1cc(C#N)ccc1Cl. The van der Waals surface area contributed by atoms with E-state index in [1.54, 1.807) is 0 Å². The van der Waals surface area contributed by atoms with Gasteiger partial charge in [0.15, 0.2) is 0 Å². The van der Waals surface area contributed by atoms with Gasteiger partial charge in [-0.15, -0.1) is 0 Å². The molecule has 110 valence electrons. The van der Waals surface area contributed by atoms with Gasteiger partial charge in [0.2, 0.25) is 10.0 Å². The molecule has 20 heavy (non-hydrogen) atoms. The zero-order valence-corrected chi connectivity index (χ0v) is 12.8. The van der Waals surface area contributed by atoms with Crippen LogP contribution in [0.25, 0.3) is 0 Å². The van der Waals surface area contributed by atoms with Crippen LogP contribution in [-0.2, 0) is 14.8 Å². The molecule has 0 heterocycles. The van der Waals surface area contributed by atoms with Gasteiger partial charge in [0.1, 0.15) is 4.90 Å². The molecule has 1 aromatic rings. The second-order valence-electron chi connectivity index (χ2n) is 4.12. The van der Waals surface area contributed by atoms with Crippen LogP contribution in [0.15, 0.2) is 23.1 Å². The zero-order chi connectivity index (χ0) is 15.0. The first kappa shape index (κ1) is 16.9. The Hall–Kier alpha value is -1.13. The molecule has 0 aromatic heterocycles. The van der Waals surface area contributed by atoms with Crippen LogP contribution in [0.5, 0.6) is 0 Å². The van der Waals surface area contributed by atoms with Gasteiger partial charge in [-0.1, -0.05) is 18.5 Å². The highest BCUT2D eigenvalue weighted by Crippen LogP contribution is 2.22. The van der Waals surface area contributed by atoms with Crippen LogP contribution in [0.2, 0.25) is 5.02 Å². The van der Waals surface area contributed by atoms with Crippen molar-refractivity contribution in [3.63, 3.8) is 0 Å². The Labute approximate surface area is 124 Å². The molecule has 0 aliphatic rings. The molecule has 0 bridgehead atoms. The minimum absolute atomic E-state index is 0.0762. The van der Waals surface area contributed by atoms with Gasteiger partial charge in [-0.25, -0.2) is 13.1 Å². The third kappa shape index (κ3) is 5.10. The van der Waals surface area contributed by atoms with Crippen LogP contribution in [-0.4, -0.2) is 28.2 Å². The number of ether oxygens (including phenoxy) is 1. The molecule has 5 nitrogen and oxygen atoms in total. The van der Waals surface area contributed by atoms with Crippen molar-refractivity contribution in [2.24, 2.45) is 0 Å². The molecule has 0 saturated heterocycles. The van der Waals surface area contributed by atoms with Crippen LogP contribution in [0, 0.1) is 11.3 Å². The Morgan fingerprint density at radius 3 is 2.80 bits per heavy atom. The topological polar surface area (TPSA) is 79.2 Å². The molecule has 0 radical (unpaired) electrons. The van der Waals surface area contributed by atoms with Crippen molar-refractivity contribution in [1.29, 1.82) is 5.26 Å². The minimum Gasteiger partial charge on any atom is -0.381 e. The van der Waals surface area contributed by atoms with E-state index >= 15 is 0 Å². The quantitative estimate of drug-likeness (QED) is 0.746. The Bertz CT molecular complexity index is 582. The number of nitrogens with zero attached hydrogens (tertiary/aromatic N) is 1. The lowest BCUT2D eigenvalue weighted by Crippen LogP contribution is -2.26. The van der Waals surface area contributed by atoms with E-state index in [2.05, 4.69) is 4.72 Å². The van der Waals surface area contributed by atoms with E-state index in [4.69, 9.17) is 21.6 Å². The summed E-state index contributed by atoms with van der Waals surface area (Å²) >= 11 is 5.87. The maximum atomic E-state index is 12.1. The summed E-state index contributed by atoms with van der Waals surface area (Å²) in [5.41, 5.74) is 0.251. The van der Waals surface area contributed by atoms with Crippen LogP contribution in [0.4, 0.5) is 0 Å². The predicted molar refractivity (Wildman–Crippen MR) is 77.1 cm³/mol. The molecule has 0 spiro atoms. The van der Waals surface area contributed by atoms with Gasteiger partial charge < -0.3 is 4.74 Å².